The van der Waals surface area contributed by atoms with Crippen molar-refractivity contribution in [1.82, 2.24) is 20.0 Å². The number of hydrogen-bond donors (Lipinski definition) is 2. The minimum absolute atomic E-state index is 0.172. The van der Waals surface area contributed by atoms with Crippen LogP contribution in [0.4, 0.5) is 10.6 Å². The smallest absolute Gasteiger partial charge is 0.325 e. The molecule has 0 aliphatic rings. The number of rotatable bonds is 11. The average Bonchev–Trinajstić information content (AvgIpc) is 3.29. The van der Waals surface area contributed by atoms with Gasteiger partial charge >= 0.3 is 12.0 Å². The molecule has 3 rings (SSSR count). The predicted molar refractivity (Wildman–Crippen MR) is 139 cm³/mol. The Labute approximate surface area is 211 Å². The number of unbranched alkanes of at least 4 members (excludes halogenated alkanes) is 1. The standard InChI is InChI=1S/C27H33N5O4/c1-4-6-16-31(27(35)28-18-26(34)36-5-2)19-25(33)29-24-17-23(21-10-8-7-9-11-21)30-32(24)22-14-12-20(3)13-15-22/h7-15,17H,4-6,16,18-19H2,1-3H3,(H,28,35)(H,29,33). The number of urea groups is 1. The van der Waals surface area contributed by atoms with E-state index in [1.165, 1.54) is 4.90 Å². The molecular formula is C27H33N5O4. The number of nitrogens with zero attached hydrogens (tertiary/aromatic N) is 3. The van der Waals surface area contributed by atoms with E-state index in [-0.39, 0.29) is 25.6 Å². The molecule has 0 spiro atoms. The van der Waals surface area contributed by atoms with Crippen molar-refractivity contribution < 1.29 is 19.1 Å². The molecule has 2 aromatic carbocycles. The first-order valence-corrected chi connectivity index (χ1v) is 12.1. The van der Waals surface area contributed by atoms with Crippen molar-refractivity contribution >= 4 is 23.7 Å². The highest BCUT2D eigenvalue weighted by molar-refractivity contribution is 5.94. The lowest BCUT2D eigenvalue weighted by atomic mass is 10.1. The molecule has 0 aliphatic heterocycles. The maximum Gasteiger partial charge on any atom is 0.325 e. The summed E-state index contributed by atoms with van der Waals surface area (Å²) in [6.07, 6.45) is 1.57. The van der Waals surface area contributed by atoms with Crippen molar-refractivity contribution in [1.29, 1.82) is 0 Å². The van der Waals surface area contributed by atoms with Gasteiger partial charge in [0.1, 0.15) is 18.9 Å². The molecule has 0 atom stereocenters. The quantitative estimate of drug-likeness (QED) is 0.392. The molecule has 190 valence electrons. The Morgan fingerprint density at radius 1 is 1.03 bits per heavy atom. The van der Waals surface area contributed by atoms with E-state index in [1.807, 2.05) is 74.5 Å². The number of esters is 1. The third-order valence-corrected chi connectivity index (χ3v) is 5.42. The van der Waals surface area contributed by atoms with Crippen LogP contribution >= 0.6 is 0 Å². The highest BCUT2D eigenvalue weighted by Crippen LogP contribution is 2.25. The number of benzene rings is 2. The van der Waals surface area contributed by atoms with Crippen molar-refractivity contribution in [3.8, 4) is 16.9 Å². The third kappa shape index (κ3) is 7.43. The Bertz CT molecular complexity index is 1160. The van der Waals surface area contributed by atoms with Crippen LogP contribution < -0.4 is 10.6 Å². The highest BCUT2D eigenvalue weighted by atomic mass is 16.5. The Morgan fingerprint density at radius 2 is 1.75 bits per heavy atom. The lowest BCUT2D eigenvalue weighted by Crippen LogP contribution is -2.46. The molecule has 0 radical (unpaired) electrons. The zero-order chi connectivity index (χ0) is 25.9. The van der Waals surface area contributed by atoms with Gasteiger partial charge in [-0.1, -0.05) is 61.4 Å². The highest BCUT2D eigenvalue weighted by Gasteiger charge is 2.20. The van der Waals surface area contributed by atoms with Gasteiger partial charge in [0.15, 0.2) is 0 Å². The number of nitrogens with one attached hydrogen (secondary N) is 2. The van der Waals surface area contributed by atoms with Crippen LogP contribution in [0.5, 0.6) is 0 Å². The number of aryl methyl sites for hydroxylation is 1. The van der Waals surface area contributed by atoms with Gasteiger partial charge in [-0.25, -0.2) is 9.48 Å². The van der Waals surface area contributed by atoms with Gasteiger partial charge in [0, 0.05) is 18.2 Å². The lowest BCUT2D eigenvalue weighted by Gasteiger charge is -2.22. The molecule has 9 nitrogen and oxygen atoms in total. The average molecular weight is 492 g/mol. The van der Waals surface area contributed by atoms with Crippen molar-refractivity contribution in [2.24, 2.45) is 0 Å². The summed E-state index contributed by atoms with van der Waals surface area (Å²) in [4.78, 5) is 38.7. The summed E-state index contributed by atoms with van der Waals surface area (Å²) in [6.45, 7) is 5.89. The second-order valence-electron chi connectivity index (χ2n) is 8.32. The van der Waals surface area contributed by atoms with Crippen LogP contribution in [0.3, 0.4) is 0 Å². The van der Waals surface area contributed by atoms with Crippen molar-refractivity contribution in [3.05, 3.63) is 66.2 Å². The maximum atomic E-state index is 13.0. The topological polar surface area (TPSA) is 106 Å². The summed E-state index contributed by atoms with van der Waals surface area (Å²) in [5.41, 5.74) is 3.54. The second kappa shape index (κ2) is 13.1. The molecule has 9 heteroatoms. The monoisotopic (exact) mass is 491 g/mol. The first-order valence-electron chi connectivity index (χ1n) is 12.1. The van der Waals surface area contributed by atoms with Gasteiger partial charge in [-0.05, 0) is 32.4 Å². The summed E-state index contributed by atoms with van der Waals surface area (Å²) in [7, 11) is 0. The predicted octanol–water partition coefficient (Wildman–Crippen LogP) is 4.16. The molecule has 36 heavy (non-hydrogen) atoms. The SMILES string of the molecule is CCCCN(CC(=O)Nc1cc(-c2ccccc2)nn1-c1ccc(C)cc1)C(=O)NCC(=O)OCC. The van der Waals surface area contributed by atoms with E-state index in [2.05, 4.69) is 10.6 Å². The molecule has 0 saturated carbocycles. The molecule has 0 bridgehead atoms. The minimum atomic E-state index is -0.527. The first-order chi connectivity index (χ1) is 17.4. The second-order valence-corrected chi connectivity index (χ2v) is 8.32. The number of carbonyl (C=O) groups excluding carboxylic acids is 3. The number of amides is 3. The maximum absolute atomic E-state index is 13.0. The molecule has 3 aromatic rings. The van der Waals surface area contributed by atoms with Gasteiger partial charge in [0.25, 0.3) is 0 Å². The summed E-state index contributed by atoms with van der Waals surface area (Å²) in [6, 6.07) is 18.8. The Kier molecular flexibility index (Phi) is 9.62. The van der Waals surface area contributed by atoms with E-state index in [9.17, 15) is 14.4 Å². The molecule has 0 unspecified atom stereocenters. The van der Waals surface area contributed by atoms with Crippen LogP contribution in [0.2, 0.25) is 0 Å². The van der Waals surface area contributed by atoms with Gasteiger partial charge in [-0.3, -0.25) is 9.59 Å². The molecule has 1 heterocycles. The van der Waals surface area contributed by atoms with E-state index in [1.54, 1.807) is 11.6 Å². The first kappa shape index (κ1) is 26.5. The normalized spacial score (nSPS) is 10.5. The number of anilines is 1. The van der Waals surface area contributed by atoms with Gasteiger partial charge in [0.05, 0.1) is 18.0 Å². The van der Waals surface area contributed by atoms with Crippen molar-refractivity contribution in [2.45, 2.75) is 33.6 Å². The Morgan fingerprint density at radius 3 is 2.42 bits per heavy atom. The fourth-order valence-electron chi connectivity index (χ4n) is 3.53. The van der Waals surface area contributed by atoms with Crippen LogP contribution in [-0.4, -0.2) is 58.8 Å². The fourth-order valence-corrected chi connectivity index (χ4v) is 3.53. The van der Waals surface area contributed by atoms with Gasteiger partial charge in [0.2, 0.25) is 5.91 Å². The zero-order valence-electron chi connectivity index (χ0n) is 21.0. The third-order valence-electron chi connectivity index (χ3n) is 5.42. The van der Waals surface area contributed by atoms with E-state index in [0.29, 0.717) is 18.1 Å². The number of carbonyl (C=O) groups is 3. The minimum Gasteiger partial charge on any atom is -0.465 e. The number of hydrogen-bond acceptors (Lipinski definition) is 5. The van der Waals surface area contributed by atoms with E-state index < -0.39 is 12.0 Å². The number of ether oxygens (including phenoxy) is 1. The zero-order valence-corrected chi connectivity index (χ0v) is 21.0. The van der Waals surface area contributed by atoms with Gasteiger partial charge in [-0.15, -0.1) is 0 Å². The molecule has 1 aromatic heterocycles. The molecular weight excluding hydrogens is 458 g/mol. The molecule has 0 saturated heterocycles. The van der Waals surface area contributed by atoms with E-state index in [0.717, 1.165) is 29.7 Å². The van der Waals surface area contributed by atoms with E-state index in [4.69, 9.17) is 9.84 Å². The summed E-state index contributed by atoms with van der Waals surface area (Å²) < 4.78 is 6.53. The Balaban J connectivity index is 1.79. The van der Waals surface area contributed by atoms with Crippen LogP contribution in [0, 0.1) is 6.92 Å². The largest absolute Gasteiger partial charge is 0.465 e. The summed E-state index contributed by atoms with van der Waals surface area (Å²) in [5, 5.41) is 10.2. The fraction of sp³-hybridized carbons (Fsp3) is 0.333. The van der Waals surface area contributed by atoms with Gasteiger partial charge < -0.3 is 20.3 Å². The van der Waals surface area contributed by atoms with Crippen molar-refractivity contribution in [3.63, 3.8) is 0 Å². The molecule has 0 fully saturated rings. The van der Waals surface area contributed by atoms with E-state index >= 15 is 0 Å². The van der Waals surface area contributed by atoms with Crippen LogP contribution in [0.15, 0.2) is 60.7 Å². The Hall–Kier alpha value is -4.14. The molecule has 2 N–H and O–H groups in total. The lowest BCUT2D eigenvalue weighted by molar-refractivity contribution is -0.141. The van der Waals surface area contributed by atoms with Gasteiger partial charge in [-0.2, -0.15) is 5.10 Å². The summed E-state index contributed by atoms with van der Waals surface area (Å²) >= 11 is 0. The molecule has 3 amide bonds. The number of aromatic nitrogens is 2. The summed E-state index contributed by atoms with van der Waals surface area (Å²) in [5.74, 6) is -0.406. The van der Waals surface area contributed by atoms with Crippen molar-refractivity contribution in [2.75, 3.05) is 31.6 Å². The van der Waals surface area contributed by atoms with Crippen LogP contribution in [0.1, 0.15) is 32.3 Å². The van der Waals surface area contributed by atoms with Crippen LogP contribution in [0.25, 0.3) is 16.9 Å². The molecule has 0 aliphatic carbocycles. The van der Waals surface area contributed by atoms with Crippen LogP contribution in [-0.2, 0) is 14.3 Å².